The first-order valence-electron chi connectivity index (χ1n) is 7.00. The van der Waals surface area contributed by atoms with Crippen LogP contribution < -0.4 is 10.5 Å². The van der Waals surface area contributed by atoms with Gasteiger partial charge in [0, 0.05) is 14.3 Å². The van der Waals surface area contributed by atoms with E-state index in [1.165, 1.54) is 6.92 Å². The molecule has 0 aliphatic carbocycles. The third kappa shape index (κ3) is 2.57. The first-order valence-corrected chi connectivity index (χ1v) is 9.41. The summed E-state index contributed by atoms with van der Waals surface area (Å²) in [6.45, 7) is 3.28. The van der Waals surface area contributed by atoms with Gasteiger partial charge in [0.05, 0.1) is 6.62 Å². The van der Waals surface area contributed by atoms with E-state index in [-0.39, 0.29) is 9.77 Å². The number of sulfonamides is 1. The molecule has 1 aliphatic rings. The maximum atomic E-state index is 12.5. The number of primary sulfonamides is 1. The molecule has 1 aliphatic heterocycles. The summed E-state index contributed by atoms with van der Waals surface area (Å²) in [5, 5.41) is 6.48. The number of hydrogen-bond acceptors (Lipinski definition) is 6. The third-order valence-corrected chi connectivity index (χ3v) is 7.73. The molecule has 3 N–H and O–H groups in total. The topological polar surface area (TPSA) is 106 Å². The summed E-state index contributed by atoms with van der Waals surface area (Å²) in [7, 11) is -8.33. The van der Waals surface area contributed by atoms with Crippen molar-refractivity contribution in [2.45, 2.75) is 39.9 Å². The molecular formula is C10H16N2O4S3. The van der Waals surface area contributed by atoms with E-state index in [4.69, 9.17) is 9.25 Å². The Kier molecular flexibility index (Phi) is 2.84. The van der Waals surface area contributed by atoms with Crippen molar-refractivity contribution < 1.29 is 20.9 Å². The fraction of sp³-hybridized carbons (Fsp3) is 0.600. The zero-order valence-corrected chi connectivity index (χ0v) is 12.7. The Morgan fingerprint density at radius 1 is 1.68 bits per heavy atom. The first kappa shape index (κ1) is 11.2. The monoisotopic (exact) mass is 327 g/mol. The van der Waals surface area contributed by atoms with Crippen molar-refractivity contribution in [1.82, 2.24) is 5.32 Å². The SMILES string of the molecule is [2H]c1c(S(N)(=O)=O)sc2c1[C@@H](NCC)C([2H])([2H])[C@H](C)S2(=O)=O. The number of rotatable bonds is 3. The van der Waals surface area contributed by atoms with Crippen molar-refractivity contribution in [3.05, 3.63) is 11.6 Å². The Bertz CT molecular complexity index is 817. The molecule has 2 rings (SSSR count). The Labute approximate surface area is 121 Å². The van der Waals surface area contributed by atoms with Crippen molar-refractivity contribution in [1.29, 1.82) is 0 Å². The zero-order valence-electron chi connectivity index (χ0n) is 13.3. The Morgan fingerprint density at radius 3 is 2.84 bits per heavy atom. The molecule has 0 saturated carbocycles. The summed E-state index contributed by atoms with van der Waals surface area (Å²) >= 11 is 0.415. The largest absolute Gasteiger partial charge is 0.310 e. The second-order valence-electron chi connectivity index (χ2n) is 4.11. The lowest BCUT2D eigenvalue weighted by atomic mass is 10.1. The average Bonchev–Trinajstić information content (AvgIpc) is 2.71. The van der Waals surface area contributed by atoms with Crippen LogP contribution in [0.4, 0.5) is 0 Å². The van der Waals surface area contributed by atoms with E-state index in [0.717, 1.165) is 0 Å². The summed E-state index contributed by atoms with van der Waals surface area (Å²) in [5.41, 5.74) is -0.154. The van der Waals surface area contributed by atoms with E-state index in [0.29, 0.717) is 17.9 Å². The highest BCUT2D eigenvalue weighted by molar-refractivity contribution is 7.95. The maximum Gasteiger partial charge on any atom is 0.247 e. The van der Waals surface area contributed by atoms with Crippen LogP contribution in [0.3, 0.4) is 0 Å². The van der Waals surface area contributed by atoms with Crippen LogP contribution in [0.25, 0.3) is 0 Å². The Balaban J connectivity index is 2.89. The van der Waals surface area contributed by atoms with E-state index in [1.54, 1.807) is 6.92 Å². The molecule has 108 valence electrons. The standard InChI is InChI=1S/C10H16N2O4S3/c1-3-12-8-4-6(2)18(13,14)10-7(8)5-9(17-10)19(11,15)16/h5-6,8,12H,3-4H2,1-2H3,(H2,11,15,16)/t6-,8-/m0/s1/i4D2,5D. The summed E-state index contributed by atoms with van der Waals surface area (Å²) in [6, 6.07) is -1.64. The minimum Gasteiger partial charge on any atom is -0.310 e. The zero-order chi connectivity index (χ0) is 17.1. The number of hydrogen-bond donors (Lipinski definition) is 2. The summed E-state index contributed by atoms with van der Waals surface area (Å²) < 4.78 is 71.4. The number of sulfone groups is 1. The average molecular weight is 327 g/mol. The van der Waals surface area contributed by atoms with Crippen LogP contribution in [-0.4, -0.2) is 28.6 Å². The van der Waals surface area contributed by atoms with E-state index in [9.17, 15) is 16.8 Å². The second kappa shape index (κ2) is 4.81. The molecule has 0 fully saturated rings. The molecule has 0 amide bonds. The first-order chi connectivity index (χ1) is 9.86. The molecule has 19 heavy (non-hydrogen) atoms. The van der Waals surface area contributed by atoms with Crippen LogP contribution in [0.5, 0.6) is 0 Å². The number of nitrogens with two attached hydrogens (primary N) is 1. The molecule has 0 radical (unpaired) electrons. The highest BCUT2D eigenvalue weighted by Crippen LogP contribution is 2.42. The van der Waals surface area contributed by atoms with Crippen LogP contribution in [-0.2, 0) is 19.9 Å². The second-order valence-corrected chi connectivity index (χ2v) is 9.35. The maximum absolute atomic E-state index is 12.5. The van der Waals surface area contributed by atoms with Gasteiger partial charge in [-0.3, -0.25) is 0 Å². The number of nitrogens with one attached hydrogen (secondary N) is 1. The van der Waals surface area contributed by atoms with Crippen molar-refractivity contribution in [3.63, 3.8) is 0 Å². The van der Waals surface area contributed by atoms with Gasteiger partial charge in [0.2, 0.25) is 10.0 Å². The van der Waals surface area contributed by atoms with Gasteiger partial charge in [0.15, 0.2) is 9.84 Å². The number of fused-ring (bicyclic) bond motifs is 1. The van der Waals surface area contributed by atoms with Gasteiger partial charge in [0.25, 0.3) is 0 Å². The molecule has 2 atom stereocenters. The van der Waals surface area contributed by atoms with Crippen molar-refractivity contribution >= 4 is 31.2 Å². The molecule has 0 saturated heterocycles. The van der Waals surface area contributed by atoms with Crippen LogP contribution in [0.2, 0.25) is 0 Å². The lowest BCUT2D eigenvalue weighted by molar-refractivity contribution is 0.477. The molecule has 0 unspecified atom stereocenters. The molecule has 0 spiro atoms. The van der Waals surface area contributed by atoms with Gasteiger partial charge in [-0.15, -0.1) is 11.3 Å². The molecule has 1 aromatic heterocycles. The van der Waals surface area contributed by atoms with Crippen LogP contribution >= 0.6 is 11.3 Å². The van der Waals surface area contributed by atoms with Crippen LogP contribution in [0.15, 0.2) is 14.5 Å². The lowest BCUT2D eigenvalue weighted by Crippen LogP contribution is -2.33. The minimum absolute atomic E-state index is 0.154. The van der Waals surface area contributed by atoms with E-state index < -0.39 is 47.8 Å². The van der Waals surface area contributed by atoms with Gasteiger partial charge in [-0.2, -0.15) is 0 Å². The van der Waals surface area contributed by atoms with E-state index >= 15 is 0 Å². The van der Waals surface area contributed by atoms with Gasteiger partial charge in [-0.25, -0.2) is 22.0 Å². The molecular weight excluding hydrogens is 308 g/mol. The van der Waals surface area contributed by atoms with Crippen LogP contribution in [0.1, 0.15) is 35.9 Å². The van der Waals surface area contributed by atoms with Gasteiger partial charge in [0.1, 0.15) is 8.42 Å². The lowest BCUT2D eigenvalue weighted by Gasteiger charge is -2.27. The van der Waals surface area contributed by atoms with E-state index in [2.05, 4.69) is 5.32 Å². The fourth-order valence-electron chi connectivity index (χ4n) is 1.79. The Hall–Kier alpha value is -0.480. The third-order valence-electron chi connectivity index (χ3n) is 2.72. The molecule has 0 aromatic carbocycles. The predicted molar refractivity (Wildman–Crippen MR) is 73.4 cm³/mol. The highest BCUT2D eigenvalue weighted by atomic mass is 32.3. The van der Waals surface area contributed by atoms with Gasteiger partial charge < -0.3 is 5.32 Å². The smallest absolute Gasteiger partial charge is 0.247 e. The van der Waals surface area contributed by atoms with Crippen LogP contribution in [0, 0.1) is 0 Å². The van der Waals surface area contributed by atoms with Gasteiger partial charge >= 0.3 is 0 Å². The normalized spacial score (nSPS) is 31.0. The number of thiophene rings is 1. The predicted octanol–water partition coefficient (Wildman–Crippen LogP) is 0.612. The van der Waals surface area contributed by atoms with Crippen molar-refractivity contribution in [2.24, 2.45) is 5.14 Å². The van der Waals surface area contributed by atoms with Crippen molar-refractivity contribution in [3.8, 4) is 0 Å². The molecule has 2 heterocycles. The van der Waals surface area contributed by atoms with Gasteiger partial charge in [-0.05, 0) is 25.9 Å². The summed E-state index contributed by atoms with van der Waals surface area (Å²) in [6.07, 6.45) is -2.19. The Morgan fingerprint density at radius 2 is 2.32 bits per heavy atom. The minimum atomic E-state index is -4.25. The summed E-state index contributed by atoms with van der Waals surface area (Å²) in [5.74, 6) is 0. The molecule has 9 heteroatoms. The summed E-state index contributed by atoms with van der Waals surface area (Å²) in [4.78, 5) is 0. The molecule has 1 aromatic rings. The van der Waals surface area contributed by atoms with Crippen molar-refractivity contribution in [2.75, 3.05) is 6.54 Å². The highest BCUT2D eigenvalue weighted by Gasteiger charge is 2.39. The molecule has 6 nitrogen and oxygen atoms in total. The van der Waals surface area contributed by atoms with Gasteiger partial charge in [-0.1, -0.05) is 6.92 Å². The quantitative estimate of drug-likeness (QED) is 0.846. The molecule has 0 bridgehead atoms. The van der Waals surface area contributed by atoms with E-state index in [1.807, 2.05) is 0 Å². The fourth-order valence-corrected chi connectivity index (χ4v) is 5.78.